The van der Waals surface area contributed by atoms with Crippen molar-refractivity contribution in [3.8, 4) is 0 Å². The minimum Gasteiger partial charge on any atom is -0.465 e. The van der Waals surface area contributed by atoms with E-state index in [1.807, 2.05) is 38.1 Å². The van der Waals surface area contributed by atoms with Gasteiger partial charge in [0, 0.05) is 11.1 Å². The molecule has 126 valence electrons. The number of ether oxygens (including phenoxy) is 1. The Morgan fingerprint density at radius 1 is 1.00 bits per heavy atom. The molecule has 0 aliphatic carbocycles. The summed E-state index contributed by atoms with van der Waals surface area (Å²) in [5.74, 6) is -0.637. The SMILES string of the molecule is COC(=O)c1ccc(NC(=O)c2c(C)nc3ccccc3c2C)cc1. The fraction of sp³-hybridized carbons (Fsp3) is 0.150. The third-order valence-electron chi connectivity index (χ3n) is 4.12. The van der Waals surface area contributed by atoms with Crippen LogP contribution < -0.4 is 5.32 Å². The molecule has 0 atom stereocenters. The largest absolute Gasteiger partial charge is 0.465 e. The van der Waals surface area contributed by atoms with Crippen molar-refractivity contribution in [3.05, 3.63) is 70.9 Å². The van der Waals surface area contributed by atoms with Gasteiger partial charge in [-0.15, -0.1) is 0 Å². The van der Waals surface area contributed by atoms with Crippen molar-refractivity contribution in [1.82, 2.24) is 4.98 Å². The van der Waals surface area contributed by atoms with Gasteiger partial charge in [0.25, 0.3) is 5.91 Å². The van der Waals surface area contributed by atoms with Crippen LogP contribution in [-0.2, 0) is 4.74 Å². The zero-order chi connectivity index (χ0) is 18.0. The molecule has 0 radical (unpaired) electrons. The second-order valence-corrected chi connectivity index (χ2v) is 5.74. The number of carbonyl (C=O) groups is 2. The van der Waals surface area contributed by atoms with E-state index in [2.05, 4.69) is 15.0 Å². The van der Waals surface area contributed by atoms with Gasteiger partial charge in [-0.3, -0.25) is 9.78 Å². The first-order valence-corrected chi connectivity index (χ1v) is 7.87. The fourth-order valence-corrected chi connectivity index (χ4v) is 2.87. The van der Waals surface area contributed by atoms with E-state index in [-0.39, 0.29) is 5.91 Å². The lowest BCUT2D eigenvalue weighted by molar-refractivity contribution is 0.0600. The molecule has 0 fully saturated rings. The lowest BCUT2D eigenvalue weighted by Gasteiger charge is -2.13. The minimum atomic E-state index is -0.414. The van der Waals surface area contributed by atoms with Crippen molar-refractivity contribution < 1.29 is 14.3 Å². The molecule has 0 unspecified atom stereocenters. The topological polar surface area (TPSA) is 68.3 Å². The molecule has 0 spiro atoms. The maximum atomic E-state index is 12.7. The maximum Gasteiger partial charge on any atom is 0.337 e. The highest BCUT2D eigenvalue weighted by Crippen LogP contribution is 2.23. The van der Waals surface area contributed by atoms with E-state index in [0.717, 1.165) is 16.5 Å². The number of para-hydroxylation sites is 1. The van der Waals surface area contributed by atoms with Gasteiger partial charge in [0.1, 0.15) is 0 Å². The number of rotatable bonds is 3. The zero-order valence-corrected chi connectivity index (χ0v) is 14.3. The lowest BCUT2D eigenvalue weighted by Crippen LogP contribution is -2.16. The van der Waals surface area contributed by atoms with Gasteiger partial charge in [-0.2, -0.15) is 0 Å². The summed E-state index contributed by atoms with van der Waals surface area (Å²) in [5, 5.41) is 3.82. The molecular weight excluding hydrogens is 316 g/mol. The number of hydrogen-bond acceptors (Lipinski definition) is 4. The number of amides is 1. The molecule has 0 aliphatic rings. The smallest absolute Gasteiger partial charge is 0.337 e. The first-order chi connectivity index (χ1) is 12.0. The van der Waals surface area contributed by atoms with Crippen LogP contribution in [-0.4, -0.2) is 24.0 Å². The second kappa shape index (κ2) is 6.73. The average Bonchev–Trinajstić information content (AvgIpc) is 2.61. The van der Waals surface area contributed by atoms with Gasteiger partial charge < -0.3 is 10.1 Å². The fourth-order valence-electron chi connectivity index (χ4n) is 2.87. The van der Waals surface area contributed by atoms with Gasteiger partial charge in [0.05, 0.1) is 29.4 Å². The Morgan fingerprint density at radius 3 is 2.36 bits per heavy atom. The molecule has 2 aromatic carbocycles. The number of benzene rings is 2. The summed E-state index contributed by atoms with van der Waals surface area (Å²) in [6.45, 7) is 3.75. The predicted octanol–water partition coefficient (Wildman–Crippen LogP) is 3.89. The first kappa shape index (κ1) is 16.6. The van der Waals surface area contributed by atoms with Gasteiger partial charge >= 0.3 is 5.97 Å². The van der Waals surface area contributed by atoms with Gasteiger partial charge in [-0.1, -0.05) is 18.2 Å². The number of nitrogens with one attached hydrogen (secondary N) is 1. The van der Waals surface area contributed by atoms with Gasteiger partial charge in [-0.25, -0.2) is 4.79 Å². The summed E-state index contributed by atoms with van der Waals surface area (Å²) in [6, 6.07) is 14.3. The second-order valence-electron chi connectivity index (χ2n) is 5.74. The van der Waals surface area contributed by atoms with E-state index in [4.69, 9.17) is 0 Å². The Hall–Kier alpha value is -3.21. The molecule has 1 amide bonds. The lowest BCUT2D eigenvalue weighted by atomic mass is 10.0. The summed E-state index contributed by atoms with van der Waals surface area (Å²) in [5.41, 5.74) is 4.05. The van der Waals surface area contributed by atoms with Crippen molar-refractivity contribution in [2.45, 2.75) is 13.8 Å². The summed E-state index contributed by atoms with van der Waals surface area (Å²) < 4.78 is 4.66. The van der Waals surface area contributed by atoms with E-state index in [1.165, 1.54) is 7.11 Å². The normalized spacial score (nSPS) is 10.5. The predicted molar refractivity (Wildman–Crippen MR) is 97.0 cm³/mol. The van der Waals surface area contributed by atoms with Crippen molar-refractivity contribution in [1.29, 1.82) is 0 Å². The molecule has 0 aliphatic heterocycles. The number of hydrogen-bond donors (Lipinski definition) is 1. The highest BCUT2D eigenvalue weighted by Gasteiger charge is 2.16. The summed E-state index contributed by atoms with van der Waals surface area (Å²) in [7, 11) is 1.33. The Kier molecular flexibility index (Phi) is 4.48. The van der Waals surface area contributed by atoms with E-state index >= 15 is 0 Å². The Bertz CT molecular complexity index is 963. The summed E-state index contributed by atoms with van der Waals surface area (Å²) in [4.78, 5) is 28.7. The third-order valence-corrected chi connectivity index (χ3v) is 4.12. The summed E-state index contributed by atoms with van der Waals surface area (Å²) in [6.07, 6.45) is 0. The molecule has 1 N–H and O–H groups in total. The molecule has 0 bridgehead atoms. The molecule has 5 nitrogen and oxygen atoms in total. The molecule has 5 heteroatoms. The van der Waals surface area contributed by atoms with Crippen LogP contribution in [0, 0.1) is 13.8 Å². The van der Waals surface area contributed by atoms with Crippen LogP contribution in [0.4, 0.5) is 5.69 Å². The van der Waals surface area contributed by atoms with Gasteiger partial charge in [0.2, 0.25) is 0 Å². The highest BCUT2D eigenvalue weighted by atomic mass is 16.5. The van der Waals surface area contributed by atoms with Crippen LogP contribution in [0.25, 0.3) is 10.9 Å². The number of carbonyl (C=O) groups excluding carboxylic acids is 2. The molecule has 3 aromatic rings. The van der Waals surface area contributed by atoms with Crippen LogP contribution in [0.2, 0.25) is 0 Å². The molecule has 0 saturated carbocycles. The quantitative estimate of drug-likeness (QED) is 0.738. The molecular formula is C20H18N2O3. The number of methoxy groups -OCH3 is 1. The molecule has 1 heterocycles. The Labute approximate surface area is 145 Å². The van der Waals surface area contributed by atoms with Crippen molar-refractivity contribution in [3.63, 3.8) is 0 Å². The molecule has 1 aromatic heterocycles. The summed E-state index contributed by atoms with van der Waals surface area (Å²) >= 11 is 0. The van der Waals surface area contributed by atoms with Gasteiger partial charge in [0.15, 0.2) is 0 Å². The average molecular weight is 334 g/mol. The number of esters is 1. The van der Waals surface area contributed by atoms with E-state index in [9.17, 15) is 9.59 Å². The van der Waals surface area contributed by atoms with Crippen molar-refractivity contribution in [2.24, 2.45) is 0 Å². The van der Waals surface area contributed by atoms with Crippen LogP contribution in [0.1, 0.15) is 32.0 Å². The number of anilines is 1. The van der Waals surface area contributed by atoms with Crippen molar-refractivity contribution >= 4 is 28.5 Å². The number of aryl methyl sites for hydroxylation is 2. The number of pyridine rings is 1. The standard InChI is InChI=1S/C20H18N2O3/c1-12-16-6-4-5-7-17(16)21-13(2)18(12)19(23)22-15-10-8-14(9-11-15)20(24)25-3/h4-11H,1-3H3,(H,22,23). The Balaban J connectivity index is 1.91. The number of nitrogens with zero attached hydrogens (tertiary/aromatic N) is 1. The molecule has 0 saturated heterocycles. The first-order valence-electron chi connectivity index (χ1n) is 7.87. The van der Waals surface area contributed by atoms with Crippen molar-refractivity contribution in [2.75, 3.05) is 12.4 Å². The third kappa shape index (κ3) is 3.21. The highest BCUT2D eigenvalue weighted by molar-refractivity contribution is 6.08. The van der Waals surface area contributed by atoms with Crippen LogP contribution in [0.5, 0.6) is 0 Å². The van der Waals surface area contributed by atoms with Crippen LogP contribution in [0.3, 0.4) is 0 Å². The van der Waals surface area contributed by atoms with Crippen LogP contribution >= 0.6 is 0 Å². The van der Waals surface area contributed by atoms with E-state index in [0.29, 0.717) is 22.5 Å². The Morgan fingerprint density at radius 2 is 1.68 bits per heavy atom. The zero-order valence-electron chi connectivity index (χ0n) is 14.3. The molecule has 3 rings (SSSR count). The van der Waals surface area contributed by atoms with E-state index < -0.39 is 5.97 Å². The number of fused-ring (bicyclic) bond motifs is 1. The van der Waals surface area contributed by atoms with Crippen LogP contribution in [0.15, 0.2) is 48.5 Å². The maximum absolute atomic E-state index is 12.7. The number of aromatic nitrogens is 1. The molecule has 25 heavy (non-hydrogen) atoms. The van der Waals surface area contributed by atoms with E-state index in [1.54, 1.807) is 24.3 Å². The minimum absolute atomic E-state index is 0.223. The van der Waals surface area contributed by atoms with Gasteiger partial charge in [-0.05, 0) is 49.7 Å². The monoisotopic (exact) mass is 334 g/mol.